The molecule has 2 fully saturated rings. The topological polar surface area (TPSA) is 17.1 Å². The molecule has 0 radical (unpaired) electrons. The van der Waals surface area contributed by atoms with Crippen LogP contribution < -0.4 is 0 Å². The van der Waals surface area contributed by atoms with Crippen molar-refractivity contribution in [2.24, 2.45) is 17.3 Å². The second-order valence-electron chi connectivity index (χ2n) is 6.43. The molecule has 3 aliphatic rings. The number of carbonyl (C=O) groups excluding carboxylic acids is 1. The zero-order valence-corrected chi connectivity index (χ0v) is 11.1. The highest BCUT2D eigenvalue weighted by Gasteiger charge is 2.54. The molecule has 5 atom stereocenters. The van der Waals surface area contributed by atoms with Crippen molar-refractivity contribution in [2.75, 3.05) is 0 Å². The van der Waals surface area contributed by atoms with Gasteiger partial charge in [-0.2, -0.15) is 0 Å². The summed E-state index contributed by atoms with van der Waals surface area (Å²) in [6.45, 7) is -2.29. The quantitative estimate of drug-likeness (QED) is 0.684. The number of Topliss-reactive ketones (excluding diaryl/α,β-unsaturated/α-hetero) is 1. The summed E-state index contributed by atoms with van der Waals surface area (Å²) in [7, 11) is 0. The van der Waals surface area contributed by atoms with E-state index in [1.807, 2.05) is 0 Å². The number of fused-ring (bicyclic) bond motifs is 5. The van der Waals surface area contributed by atoms with Gasteiger partial charge in [0.25, 0.3) is 0 Å². The van der Waals surface area contributed by atoms with E-state index >= 15 is 0 Å². The molecule has 0 aromatic heterocycles. The Hall–Kier alpha value is -1.11. The predicted molar refractivity (Wildman–Crippen MR) is 76.1 cm³/mol. The minimum atomic E-state index is -2.29. The van der Waals surface area contributed by atoms with Crippen molar-refractivity contribution >= 4 is 5.78 Å². The lowest BCUT2D eigenvalue weighted by Crippen LogP contribution is -2.42. The van der Waals surface area contributed by atoms with Gasteiger partial charge in [0.2, 0.25) is 0 Å². The van der Waals surface area contributed by atoms with E-state index in [-0.39, 0.29) is 17.6 Å². The van der Waals surface area contributed by atoms with Gasteiger partial charge in [-0.25, -0.2) is 0 Å². The van der Waals surface area contributed by atoms with Gasteiger partial charge in [0.1, 0.15) is 5.78 Å². The lowest BCUT2D eigenvalue weighted by Gasteiger charge is -2.48. The number of hydrogen-bond acceptors (Lipinski definition) is 1. The minimum Gasteiger partial charge on any atom is -0.299 e. The molecule has 0 aliphatic heterocycles. The fraction of sp³-hybridized carbons (Fsp3) is 0.611. The summed E-state index contributed by atoms with van der Waals surface area (Å²) in [6.07, 6.45) is 2.66. The van der Waals surface area contributed by atoms with Crippen molar-refractivity contribution < 1.29 is 10.3 Å². The van der Waals surface area contributed by atoms with Crippen molar-refractivity contribution in [3.8, 4) is 0 Å². The molecule has 0 amide bonds. The van der Waals surface area contributed by atoms with E-state index in [2.05, 4.69) is 24.3 Å². The Bertz CT molecular complexity index is 653. The second-order valence-corrected chi connectivity index (χ2v) is 6.43. The van der Waals surface area contributed by atoms with Crippen LogP contribution in [0.15, 0.2) is 24.3 Å². The first-order valence-electron chi connectivity index (χ1n) is 9.48. The Morgan fingerprint density at radius 1 is 1.32 bits per heavy atom. The minimum absolute atomic E-state index is 0.155. The molecule has 2 saturated carbocycles. The van der Waals surface area contributed by atoms with E-state index in [9.17, 15) is 4.79 Å². The van der Waals surface area contributed by atoms with Crippen LogP contribution in [0.25, 0.3) is 0 Å². The highest BCUT2D eigenvalue weighted by molar-refractivity contribution is 5.87. The van der Waals surface area contributed by atoms with Crippen LogP contribution in [0, 0.1) is 17.3 Å². The molecule has 0 N–H and O–H groups in total. The molecule has 1 aromatic carbocycles. The van der Waals surface area contributed by atoms with Crippen LogP contribution in [-0.2, 0) is 11.2 Å². The normalized spacial score (nSPS) is 48.1. The van der Waals surface area contributed by atoms with Crippen LogP contribution in [0.1, 0.15) is 61.5 Å². The molecule has 0 bridgehead atoms. The fourth-order valence-electron chi connectivity index (χ4n) is 4.76. The van der Waals surface area contributed by atoms with Gasteiger partial charge < -0.3 is 0 Å². The first-order chi connectivity index (χ1) is 10.9. The number of hydrogen-bond donors (Lipinski definition) is 0. The molecule has 0 heterocycles. The highest BCUT2D eigenvalue weighted by Crippen LogP contribution is 2.59. The standard InChI is InChI=1S/C18H22O/c1-18-11-10-14-13-5-3-2-4-12(13)6-7-15(14)16(18)8-9-17(18)19/h2-5,14-16H,6-11H2,1H3/t14-,15-,16+,18+/m1/s1/i1D3,9D/t9?,14-,15-,16+,18+. The van der Waals surface area contributed by atoms with Crippen molar-refractivity contribution in [3.05, 3.63) is 35.4 Å². The van der Waals surface area contributed by atoms with Crippen molar-refractivity contribution in [1.29, 1.82) is 0 Å². The Balaban J connectivity index is 1.78. The predicted octanol–water partition coefficient (Wildman–Crippen LogP) is 4.11. The molecule has 0 spiro atoms. The van der Waals surface area contributed by atoms with Gasteiger partial charge in [-0.3, -0.25) is 4.79 Å². The smallest absolute Gasteiger partial charge is 0.139 e. The zero-order valence-electron chi connectivity index (χ0n) is 15.1. The third-order valence-corrected chi connectivity index (χ3v) is 5.71. The Labute approximate surface area is 121 Å². The van der Waals surface area contributed by atoms with E-state index in [0.717, 1.165) is 19.3 Å². The summed E-state index contributed by atoms with van der Waals surface area (Å²) < 4.78 is 32.2. The van der Waals surface area contributed by atoms with Gasteiger partial charge in [-0.1, -0.05) is 31.1 Å². The number of aryl methyl sites for hydroxylation is 1. The molecule has 1 unspecified atom stereocenters. The number of rotatable bonds is 0. The van der Waals surface area contributed by atoms with Crippen LogP contribution in [0.2, 0.25) is 0 Å². The number of ketones is 1. The van der Waals surface area contributed by atoms with Crippen LogP contribution >= 0.6 is 0 Å². The summed E-state index contributed by atoms with van der Waals surface area (Å²) in [6, 6.07) is 8.46. The third-order valence-electron chi connectivity index (χ3n) is 5.71. The SMILES string of the molecule is [2H]C1C[C@H]2[C@@H]3CCc4ccccc4[C@H]3CC[C@]2(C([2H])([2H])[2H])C1=O. The molecular formula is C18H22O. The maximum absolute atomic E-state index is 12.7. The number of benzene rings is 1. The number of carbonyl (C=O) groups is 1. The van der Waals surface area contributed by atoms with Crippen LogP contribution in [0.3, 0.4) is 0 Å². The maximum atomic E-state index is 12.7. The molecule has 19 heavy (non-hydrogen) atoms. The first-order valence-corrected chi connectivity index (χ1v) is 7.40. The van der Waals surface area contributed by atoms with E-state index < -0.39 is 18.7 Å². The lowest BCUT2D eigenvalue weighted by atomic mass is 9.55. The first kappa shape index (κ1) is 8.24. The maximum Gasteiger partial charge on any atom is 0.139 e. The molecule has 1 nitrogen and oxygen atoms in total. The van der Waals surface area contributed by atoms with Crippen LogP contribution in [-0.4, -0.2) is 5.78 Å². The van der Waals surface area contributed by atoms with E-state index in [1.165, 1.54) is 11.1 Å². The van der Waals surface area contributed by atoms with Crippen molar-refractivity contribution in [2.45, 2.75) is 51.3 Å². The van der Waals surface area contributed by atoms with E-state index in [4.69, 9.17) is 5.48 Å². The summed E-state index contributed by atoms with van der Waals surface area (Å²) >= 11 is 0. The van der Waals surface area contributed by atoms with Crippen LogP contribution in [0.5, 0.6) is 0 Å². The Kier molecular flexibility index (Phi) is 1.71. The molecule has 1 heteroatoms. The van der Waals surface area contributed by atoms with Crippen molar-refractivity contribution in [1.82, 2.24) is 0 Å². The lowest BCUT2D eigenvalue weighted by molar-refractivity contribution is -0.129. The molecule has 1 aromatic rings. The largest absolute Gasteiger partial charge is 0.299 e. The third kappa shape index (κ3) is 1.50. The summed E-state index contributed by atoms with van der Waals surface area (Å²) in [5, 5.41) is 0. The second kappa shape index (κ2) is 3.94. The van der Waals surface area contributed by atoms with Crippen molar-refractivity contribution in [3.63, 3.8) is 0 Å². The van der Waals surface area contributed by atoms with Gasteiger partial charge in [0.05, 0.1) is 0 Å². The average molecular weight is 258 g/mol. The molecule has 0 saturated heterocycles. The van der Waals surface area contributed by atoms with Crippen LogP contribution in [0.4, 0.5) is 0 Å². The highest BCUT2D eigenvalue weighted by atomic mass is 16.1. The summed E-state index contributed by atoms with van der Waals surface area (Å²) in [4.78, 5) is 12.7. The van der Waals surface area contributed by atoms with E-state index in [1.54, 1.807) is 0 Å². The summed E-state index contributed by atoms with van der Waals surface area (Å²) in [5.41, 5.74) is 1.47. The van der Waals surface area contributed by atoms with Gasteiger partial charge >= 0.3 is 0 Å². The van der Waals surface area contributed by atoms with Gasteiger partial charge in [-0.15, -0.1) is 0 Å². The molecular weight excluding hydrogens is 232 g/mol. The zero-order chi connectivity index (χ0) is 16.4. The molecule has 100 valence electrons. The van der Waals surface area contributed by atoms with Gasteiger partial charge in [-0.05, 0) is 61.0 Å². The van der Waals surface area contributed by atoms with Gasteiger partial charge in [0, 0.05) is 17.3 Å². The Morgan fingerprint density at radius 2 is 2.21 bits per heavy atom. The average Bonchev–Trinajstić information content (AvgIpc) is 2.79. The molecule has 3 aliphatic carbocycles. The monoisotopic (exact) mass is 258 g/mol. The fourth-order valence-corrected chi connectivity index (χ4v) is 4.76. The Morgan fingerprint density at radius 3 is 3.11 bits per heavy atom. The summed E-state index contributed by atoms with van der Waals surface area (Å²) in [5.74, 6) is 0.119. The molecule has 4 rings (SSSR count). The van der Waals surface area contributed by atoms with E-state index in [0.29, 0.717) is 18.8 Å². The van der Waals surface area contributed by atoms with Gasteiger partial charge in [0.15, 0.2) is 0 Å².